The molecule has 4 heteroatoms. The quantitative estimate of drug-likeness (QED) is 0.891. The second kappa shape index (κ2) is 5.80. The maximum atomic E-state index is 6.25. The molecular formula is C15H22N2O2. The fourth-order valence-corrected chi connectivity index (χ4v) is 2.88. The smallest absolute Gasteiger partial charge is 0.161 e. The molecule has 0 aliphatic carbocycles. The van der Waals surface area contributed by atoms with Gasteiger partial charge in [-0.15, -0.1) is 0 Å². The summed E-state index contributed by atoms with van der Waals surface area (Å²) in [6, 6.07) is 6.35. The topological polar surface area (TPSA) is 47.7 Å². The van der Waals surface area contributed by atoms with Crippen LogP contribution in [0.1, 0.15) is 18.4 Å². The fourth-order valence-electron chi connectivity index (χ4n) is 2.88. The van der Waals surface area contributed by atoms with Crippen molar-refractivity contribution in [1.29, 1.82) is 0 Å². The Kier molecular flexibility index (Phi) is 3.89. The Morgan fingerprint density at radius 1 is 1.11 bits per heavy atom. The van der Waals surface area contributed by atoms with Gasteiger partial charge < -0.3 is 20.1 Å². The molecule has 0 bridgehead atoms. The van der Waals surface area contributed by atoms with E-state index < -0.39 is 0 Å². The number of fused-ring (bicyclic) bond motifs is 1. The van der Waals surface area contributed by atoms with E-state index in [1.54, 1.807) is 0 Å². The van der Waals surface area contributed by atoms with Crippen molar-refractivity contribution in [1.82, 2.24) is 4.90 Å². The standard InChI is InChI=1S/C15H22N2O2/c16-13(11-17-5-1-2-6-17)9-12-3-4-14-15(10-12)19-8-7-18-14/h3-4,10,13H,1-2,5-9,11,16H2/t13-/m0/s1. The molecule has 1 aromatic carbocycles. The molecule has 2 aliphatic rings. The average molecular weight is 262 g/mol. The molecule has 1 atom stereocenters. The van der Waals surface area contributed by atoms with Crippen LogP contribution in [0.2, 0.25) is 0 Å². The molecule has 2 N–H and O–H groups in total. The second-order valence-electron chi connectivity index (χ2n) is 5.45. The van der Waals surface area contributed by atoms with Crippen molar-refractivity contribution in [2.75, 3.05) is 32.8 Å². The number of hydrogen-bond donors (Lipinski definition) is 1. The van der Waals surface area contributed by atoms with Crippen LogP contribution in [0.15, 0.2) is 18.2 Å². The Morgan fingerprint density at radius 3 is 2.63 bits per heavy atom. The van der Waals surface area contributed by atoms with Crippen LogP contribution in [0, 0.1) is 0 Å². The first-order valence-electron chi connectivity index (χ1n) is 7.18. The van der Waals surface area contributed by atoms with E-state index in [1.807, 2.05) is 6.07 Å². The Balaban J connectivity index is 1.59. The third-order valence-corrected chi connectivity index (χ3v) is 3.80. The summed E-state index contributed by atoms with van der Waals surface area (Å²) in [6.07, 6.45) is 3.53. The predicted octanol–water partition coefficient (Wildman–Crippen LogP) is 1.42. The van der Waals surface area contributed by atoms with E-state index in [4.69, 9.17) is 15.2 Å². The summed E-state index contributed by atoms with van der Waals surface area (Å²) in [5.41, 5.74) is 7.48. The first-order valence-corrected chi connectivity index (χ1v) is 7.18. The molecule has 0 amide bonds. The highest BCUT2D eigenvalue weighted by Crippen LogP contribution is 2.31. The first-order chi connectivity index (χ1) is 9.31. The third kappa shape index (κ3) is 3.19. The molecule has 1 fully saturated rings. The average Bonchev–Trinajstić information content (AvgIpc) is 2.91. The van der Waals surface area contributed by atoms with Crippen LogP contribution in [0.25, 0.3) is 0 Å². The lowest BCUT2D eigenvalue weighted by Crippen LogP contribution is -2.37. The summed E-state index contributed by atoms with van der Waals surface area (Å²) in [4.78, 5) is 2.46. The van der Waals surface area contributed by atoms with Gasteiger partial charge in [-0.2, -0.15) is 0 Å². The SMILES string of the molecule is N[C@@H](Cc1ccc2c(c1)OCCO2)CN1CCCC1. The number of hydrogen-bond acceptors (Lipinski definition) is 4. The van der Waals surface area contributed by atoms with Crippen LogP contribution in [0.4, 0.5) is 0 Å². The van der Waals surface area contributed by atoms with Gasteiger partial charge in [-0.1, -0.05) is 6.07 Å². The van der Waals surface area contributed by atoms with Crippen LogP contribution in [-0.4, -0.2) is 43.8 Å². The molecular weight excluding hydrogens is 240 g/mol. The highest BCUT2D eigenvalue weighted by Gasteiger charge is 2.16. The number of nitrogens with two attached hydrogens (primary N) is 1. The van der Waals surface area contributed by atoms with Crippen molar-refractivity contribution in [3.63, 3.8) is 0 Å². The summed E-state index contributed by atoms with van der Waals surface area (Å²) in [5.74, 6) is 1.71. The van der Waals surface area contributed by atoms with E-state index in [-0.39, 0.29) is 6.04 Å². The van der Waals surface area contributed by atoms with Crippen LogP contribution < -0.4 is 15.2 Å². The molecule has 2 heterocycles. The monoisotopic (exact) mass is 262 g/mol. The molecule has 4 nitrogen and oxygen atoms in total. The summed E-state index contributed by atoms with van der Waals surface area (Å²) < 4.78 is 11.1. The lowest BCUT2D eigenvalue weighted by molar-refractivity contribution is 0.171. The molecule has 19 heavy (non-hydrogen) atoms. The molecule has 1 aromatic rings. The van der Waals surface area contributed by atoms with E-state index >= 15 is 0 Å². The Hall–Kier alpha value is -1.26. The van der Waals surface area contributed by atoms with Gasteiger partial charge in [-0.05, 0) is 50.0 Å². The van der Waals surface area contributed by atoms with Crippen molar-refractivity contribution in [3.8, 4) is 11.5 Å². The Bertz CT molecular complexity index is 430. The van der Waals surface area contributed by atoms with Crippen molar-refractivity contribution in [3.05, 3.63) is 23.8 Å². The number of rotatable bonds is 4. The van der Waals surface area contributed by atoms with E-state index in [9.17, 15) is 0 Å². The van der Waals surface area contributed by atoms with Crippen molar-refractivity contribution < 1.29 is 9.47 Å². The van der Waals surface area contributed by atoms with Crippen LogP contribution >= 0.6 is 0 Å². The van der Waals surface area contributed by atoms with Gasteiger partial charge in [-0.3, -0.25) is 0 Å². The van der Waals surface area contributed by atoms with Gasteiger partial charge in [0, 0.05) is 12.6 Å². The van der Waals surface area contributed by atoms with Crippen LogP contribution in [-0.2, 0) is 6.42 Å². The summed E-state index contributed by atoms with van der Waals surface area (Å²) in [5, 5.41) is 0. The van der Waals surface area contributed by atoms with Crippen LogP contribution in [0.3, 0.4) is 0 Å². The number of likely N-dealkylation sites (tertiary alicyclic amines) is 1. The maximum absolute atomic E-state index is 6.25. The van der Waals surface area contributed by atoms with E-state index in [1.165, 1.54) is 31.5 Å². The summed E-state index contributed by atoms with van der Waals surface area (Å²) in [6.45, 7) is 4.68. The highest BCUT2D eigenvalue weighted by atomic mass is 16.6. The molecule has 2 aliphatic heterocycles. The molecule has 104 valence electrons. The van der Waals surface area contributed by atoms with Gasteiger partial charge >= 0.3 is 0 Å². The largest absolute Gasteiger partial charge is 0.486 e. The molecule has 0 spiro atoms. The second-order valence-corrected chi connectivity index (χ2v) is 5.45. The summed E-state index contributed by atoms with van der Waals surface area (Å²) in [7, 11) is 0. The van der Waals surface area contributed by atoms with Gasteiger partial charge in [0.15, 0.2) is 11.5 Å². The van der Waals surface area contributed by atoms with Crippen molar-refractivity contribution in [2.24, 2.45) is 5.73 Å². The van der Waals surface area contributed by atoms with E-state index in [2.05, 4.69) is 17.0 Å². The zero-order valence-electron chi connectivity index (χ0n) is 11.3. The fraction of sp³-hybridized carbons (Fsp3) is 0.600. The molecule has 0 saturated carbocycles. The lowest BCUT2D eigenvalue weighted by Gasteiger charge is -2.22. The maximum Gasteiger partial charge on any atom is 0.161 e. The Labute approximate surface area is 114 Å². The highest BCUT2D eigenvalue weighted by molar-refractivity contribution is 5.44. The van der Waals surface area contributed by atoms with Crippen LogP contribution in [0.5, 0.6) is 11.5 Å². The molecule has 1 saturated heterocycles. The number of benzene rings is 1. The van der Waals surface area contributed by atoms with Gasteiger partial charge in [-0.25, -0.2) is 0 Å². The minimum absolute atomic E-state index is 0.195. The van der Waals surface area contributed by atoms with E-state index in [0.29, 0.717) is 13.2 Å². The Morgan fingerprint density at radius 2 is 1.84 bits per heavy atom. The predicted molar refractivity (Wildman–Crippen MR) is 74.8 cm³/mol. The van der Waals surface area contributed by atoms with Gasteiger partial charge in [0.2, 0.25) is 0 Å². The minimum atomic E-state index is 0.195. The van der Waals surface area contributed by atoms with E-state index in [0.717, 1.165) is 24.5 Å². The van der Waals surface area contributed by atoms with Gasteiger partial charge in [0.1, 0.15) is 13.2 Å². The minimum Gasteiger partial charge on any atom is -0.486 e. The van der Waals surface area contributed by atoms with Gasteiger partial charge in [0.25, 0.3) is 0 Å². The van der Waals surface area contributed by atoms with Crippen molar-refractivity contribution >= 4 is 0 Å². The summed E-state index contributed by atoms with van der Waals surface area (Å²) >= 11 is 0. The molecule has 0 unspecified atom stereocenters. The lowest BCUT2D eigenvalue weighted by atomic mass is 10.1. The normalized spacial score (nSPS) is 20.5. The van der Waals surface area contributed by atoms with Gasteiger partial charge in [0.05, 0.1) is 0 Å². The van der Waals surface area contributed by atoms with Crippen molar-refractivity contribution in [2.45, 2.75) is 25.3 Å². The zero-order valence-corrected chi connectivity index (χ0v) is 11.3. The first kappa shape index (κ1) is 12.8. The molecule has 3 rings (SSSR count). The number of nitrogens with zero attached hydrogens (tertiary/aromatic N) is 1. The molecule has 0 radical (unpaired) electrons. The zero-order chi connectivity index (χ0) is 13.1. The number of ether oxygens (including phenoxy) is 2. The third-order valence-electron chi connectivity index (χ3n) is 3.80. The molecule has 0 aromatic heterocycles.